The minimum atomic E-state index is -0.478. The van der Waals surface area contributed by atoms with Crippen LogP contribution < -0.4 is 0 Å². The molecule has 0 bridgehead atoms. The van der Waals surface area contributed by atoms with Gasteiger partial charge in [-0.3, -0.25) is 9.59 Å². The van der Waals surface area contributed by atoms with Crippen LogP contribution in [0.2, 0.25) is 0 Å². The third-order valence-corrected chi connectivity index (χ3v) is 4.72. The molecule has 0 aliphatic carbocycles. The van der Waals surface area contributed by atoms with Gasteiger partial charge in [0.1, 0.15) is 5.60 Å². The summed E-state index contributed by atoms with van der Waals surface area (Å²) in [7, 11) is 0. The second kappa shape index (κ2) is 7.35. The highest BCUT2D eigenvalue weighted by Crippen LogP contribution is 2.28. The standard InChI is InChI=1S/C19H24O3S/c1-13(18(21)22-19(2,3)4)15-9-7-14(8-10-15)12-17-16(20)6-5-11-23-17/h7-10,12-13H,5-6,11H2,1-4H3. The van der Waals surface area contributed by atoms with Crippen LogP contribution in [0.3, 0.4) is 0 Å². The Kier molecular flexibility index (Phi) is 5.69. The van der Waals surface area contributed by atoms with Gasteiger partial charge in [-0.15, -0.1) is 11.8 Å². The van der Waals surface area contributed by atoms with Gasteiger partial charge in [0.25, 0.3) is 0 Å². The Hall–Kier alpha value is -1.55. The van der Waals surface area contributed by atoms with E-state index in [9.17, 15) is 9.59 Å². The number of esters is 1. The Bertz CT molecular complexity index is 608. The molecule has 1 aromatic carbocycles. The van der Waals surface area contributed by atoms with Gasteiger partial charge in [0.2, 0.25) is 0 Å². The number of ketones is 1. The molecule has 0 radical (unpaired) electrons. The van der Waals surface area contributed by atoms with E-state index in [1.54, 1.807) is 11.8 Å². The smallest absolute Gasteiger partial charge is 0.313 e. The maximum absolute atomic E-state index is 12.1. The predicted octanol–water partition coefficient (Wildman–Crippen LogP) is 4.57. The summed E-state index contributed by atoms with van der Waals surface area (Å²) >= 11 is 1.63. The van der Waals surface area contributed by atoms with E-state index in [0.717, 1.165) is 28.2 Å². The Morgan fingerprint density at radius 2 is 1.91 bits per heavy atom. The van der Waals surface area contributed by atoms with Gasteiger partial charge in [-0.2, -0.15) is 0 Å². The minimum Gasteiger partial charge on any atom is -0.460 e. The molecule has 1 aliphatic rings. The fraction of sp³-hybridized carbons (Fsp3) is 0.474. The average molecular weight is 332 g/mol. The Balaban J connectivity index is 2.08. The number of thioether (sulfide) groups is 1. The molecule has 1 saturated heterocycles. The first-order valence-electron chi connectivity index (χ1n) is 7.97. The summed E-state index contributed by atoms with van der Waals surface area (Å²) in [6, 6.07) is 7.76. The van der Waals surface area contributed by atoms with E-state index in [2.05, 4.69) is 0 Å². The summed E-state index contributed by atoms with van der Waals surface area (Å²) < 4.78 is 5.42. The third kappa shape index (κ3) is 5.24. The number of carbonyl (C=O) groups is 2. The molecule has 0 spiro atoms. The molecule has 0 aromatic heterocycles. The summed E-state index contributed by atoms with van der Waals surface area (Å²) in [5.74, 6) is 0.710. The van der Waals surface area contributed by atoms with E-state index in [4.69, 9.17) is 4.74 Å². The number of Topliss-reactive ketones (excluding diaryl/α,β-unsaturated/α-hetero) is 1. The SMILES string of the molecule is CC(C(=O)OC(C)(C)C)c1ccc(C=C2SCCCC2=O)cc1. The van der Waals surface area contributed by atoms with E-state index < -0.39 is 5.60 Å². The normalized spacial score (nSPS) is 18.8. The number of allylic oxidation sites excluding steroid dienone is 1. The maximum atomic E-state index is 12.1. The molecule has 1 atom stereocenters. The largest absolute Gasteiger partial charge is 0.460 e. The van der Waals surface area contributed by atoms with Crippen LogP contribution in [0.1, 0.15) is 57.6 Å². The van der Waals surface area contributed by atoms with Gasteiger partial charge in [-0.05, 0) is 57.1 Å². The Morgan fingerprint density at radius 1 is 1.26 bits per heavy atom. The first-order chi connectivity index (χ1) is 10.8. The lowest BCUT2D eigenvalue weighted by molar-refractivity contribution is -0.156. The number of hydrogen-bond donors (Lipinski definition) is 0. The van der Waals surface area contributed by atoms with Crippen molar-refractivity contribution in [2.24, 2.45) is 0 Å². The quantitative estimate of drug-likeness (QED) is 0.601. The number of benzene rings is 1. The van der Waals surface area contributed by atoms with Gasteiger partial charge in [0.15, 0.2) is 5.78 Å². The summed E-state index contributed by atoms with van der Waals surface area (Å²) in [5.41, 5.74) is 1.43. The molecule has 23 heavy (non-hydrogen) atoms. The minimum absolute atomic E-state index is 0.221. The molecule has 1 heterocycles. The first kappa shape index (κ1) is 17.8. The molecule has 0 amide bonds. The van der Waals surface area contributed by atoms with Gasteiger partial charge in [-0.25, -0.2) is 0 Å². The van der Waals surface area contributed by atoms with E-state index in [0.29, 0.717) is 6.42 Å². The summed E-state index contributed by atoms with van der Waals surface area (Å²) in [4.78, 5) is 24.8. The Morgan fingerprint density at radius 3 is 2.48 bits per heavy atom. The van der Waals surface area contributed by atoms with E-state index in [1.807, 2.05) is 58.0 Å². The molecule has 1 aliphatic heterocycles. The predicted molar refractivity (Wildman–Crippen MR) is 95.4 cm³/mol. The van der Waals surface area contributed by atoms with Crippen LogP contribution in [0.4, 0.5) is 0 Å². The van der Waals surface area contributed by atoms with Crippen LogP contribution in [-0.2, 0) is 14.3 Å². The van der Waals surface area contributed by atoms with Gasteiger partial charge >= 0.3 is 5.97 Å². The van der Waals surface area contributed by atoms with Crippen LogP contribution in [0.15, 0.2) is 29.2 Å². The second-order valence-corrected chi connectivity index (χ2v) is 7.94. The second-order valence-electron chi connectivity index (χ2n) is 6.81. The van der Waals surface area contributed by atoms with E-state index in [1.165, 1.54) is 0 Å². The van der Waals surface area contributed by atoms with Crippen molar-refractivity contribution in [1.82, 2.24) is 0 Å². The number of rotatable bonds is 3. The van der Waals surface area contributed by atoms with Crippen molar-refractivity contribution < 1.29 is 14.3 Å². The molecule has 1 fully saturated rings. The van der Waals surface area contributed by atoms with Crippen molar-refractivity contribution in [2.75, 3.05) is 5.75 Å². The van der Waals surface area contributed by atoms with Crippen LogP contribution in [0.5, 0.6) is 0 Å². The van der Waals surface area contributed by atoms with E-state index >= 15 is 0 Å². The van der Waals surface area contributed by atoms with Crippen LogP contribution in [0, 0.1) is 0 Å². The molecular formula is C19H24O3S. The molecular weight excluding hydrogens is 308 g/mol. The fourth-order valence-corrected chi connectivity index (χ4v) is 3.29. The zero-order chi connectivity index (χ0) is 17.0. The summed E-state index contributed by atoms with van der Waals surface area (Å²) in [6.45, 7) is 7.45. The monoisotopic (exact) mass is 332 g/mol. The van der Waals surface area contributed by atoms with Crippen molar-refractivity contribution in [3.05, 3.63) is 40.3 Å². The fourth-order valence-electron chi connectivity index (χ4n) is 2.30. The highest BCUT2D eigenvalue weighted by molar-refractivity contribution is 8.04. The lowest BCUT2D eigenvalue weighted by atomic mass is 9.99. The lowest BCUT2D eigenvalue weighted by Crippen LogP contribution is -2.26. The Labute approximate surface area is 142 Å². The van der Waals surface area contributed by atoms with Crippen molar-refractivity contribution >= 4 is 29.6 Å². The highest BCUT2D eigenvalue weighted by Gasteiger charge is 2.23. The molecule has 0 saturated carbocycles. The maximum Gasteiger partial charge on any atom is 0.313 e. The van der Waals surface area contributed by atoms with Crippen LogP contribution in [0.25, 0.3) is 6.08 Å². The van der Waals surface area contributed by atoms with Gasteiger partial charge in [0, 0.05) is 6.42 Å². The van der Waals surface area contributed by atoms with Gasteiger partial charge in [0.05, 0.1) is 10.8 Å². The molecule has 124 valence electrons. The topological polar surface area (TPSA) is 43.4 Å². The first-order valence-corrected chi connectivity index (χ1v) is 8.95. The van der Waals surface area contributed by atoms with Crippen LogP contribution >= 0.6 is 11.8 Å². The van der Waals surface area contributed by atoms with Crippen molar-refractivity contribution in [2.45, 2.75) is 52.1 Å². The molecule has 1 aromatic rings. The third-order valence-electron chi connectivity index (χ3n) is 3.58. The number of carbonyl (C=O) groups excluding carboxylic acids is 2. The molecule has 4 heteroatoms. The zero-order valence-corrected chi connectivity index (χ0v) is 15.0. The average Bonchev–Trinajstić information content (AvgIpc) is 2.48. The molecule has 3 nitrogen and oxygen atoms in total. The summed E-state index contributed by atoms with van der Waals surface area (Å²) in [6.07, 6.45) is 3.55. The lowest BCUT2D eigenvalue weighted by Gasteiger charge is -2.22. The van der Waals surface area contributed by atoms with Crippen molar-refractivity contribution in [1.29, 1.82) is 0 Å². The van der Waals surface area contributed by atoms with Gasteiger partial charge < -0.3 is 4.74 Å². The van der Waals surface area contributed by atoms with E-state index in [-0.39, 0.29) is 17.7 Å². The molecule has 0 N–H and O–H groups in total. The number of ether oxygens (including phenoxy) is 1. The van der Waals surface area contributed by atoms with Crippen molar-refractivity contribution in [3.63, 3.8) is 0 Å². The highest BCUT2D eigenvalue weighted by atomic mass is 32.2. The zero-order valence-electron chi connectivity index (χ0n) is 14.2. The van der Waals surface area contributed by atoms with Crippen LogP contribution in [-0.4, -0.2) is 23.1 Å². The number of hydrogen-bond acceptors (Lipinski definition) is 4. The molecule has 1 unspecified atom stereocenters. The summed E-state index contributed by atoms with van der Waals surface area (Å²) in [5, 5.41) is 0. The molecule has 2 rings (SSSR count). The van der Waals surface area contributed by atoms with Gasteiger partial charge in [-0.1, -0.05) is 24.3 Å². The van der Waals surface area contributed by atoms with Crippen molar-refractivity contribution in [3.8, 4) is 0 Å².